The van der Waals surface area contributed by atoms with Crippen LogP contribution >= 0.6 is 0 Å². The first kappa shape index (κ1) is 20.9. The predicted molar refractivity (Wildman–Crippen MR) is 131 cm³/mol. The zero-order valence-electron chi connectivity index (χ0n) is 19.5. The molecule has 35 heavy (non-hydrogen) atoms. The third-order valence-electron chi connectivity index (χ3n) is 8.01. The fourth-order valence-corrected chi connectivity index (χ4v) is 5.61. The highest BCUT2D eigenvalue weighted by atomic mass is 19.1. The molecule has 2 saturated carbocycles. The first-order chi connectivity index (χ1) is 17.0. The number of carbonyl (C=O) groups excluding carboxylic acids is 2. The summed E-state index contributed by atoms with van der Waals surface area (Å²) in [6.45, 7) is 1.90. The van der Waals surface area contributed by atoms with Gasteiger partial charge in [-0.1, -0.05) is 18.2 Å². The van der Waals surface area contributed by atoms with Crippen molar-refractivity contribution in [1.82, 2.24) is 14.8 Å². The van der Waals surface area contributed by atoms with Crippen LogP contribution < -0.4 is 0 Å². The molecule has 1 spiro atoms. The summed E-state index contributed by atoms with van der Waals surface area (Å²) in [5.74, 6) is 0.714. The summed E-state index contributed by atoms with van der Waals surface area (Å²) < 4.78 is 15.5. The van der Waals surface area contributed by atoms with E-state index in [2.05, 4.69) is 4.98 Å². The number of aromatic nitrogens is 1. The highest BCUT2D eigenvalue weighted by Crippen LogP contribution is 2.46. The largest absolute Gasteiger partial charge is 0.361 e. The van der Waals surface area contributed by atoms with E-state index in [1.165, 1.54) is 6.07 Å². The number of aromatic amines is 1. The van der Waals surface area contributed by atoms with Crippen molar-refractivity contribution in [3.8, 4) is 11.1 Å². The molecule has 2 amide bonds. The van der Waals surface area contributed by atoms with Crippen molar-refractivity contribution in [2.24, 2.45) is 16.8 Å². The Morgan fingerprint density at radius 3 is 2.66 bits per heavy atom. The van der Waals surface area contributed by atoms with E-state index in [1.54, 1.807) is 11.0 Å². The van der Waals surface area contributed by atoms with Crippen LogP contribution in [-0.4, -0.2) is 57.6 Å². The van der Waals surface area contributed by atoms with Crippen molar-refractivity contribution in [2.75, 3.05) is 19.6 Å². The van der Waals surface area contributed by atoms with E-state index in [9.17, 15) is 9.59 Å². The number of benzene rings is 2. The molecule has 2 aliphatic heterocycles. The number of aliphatic imine (C=N–C) groups is 1. The van der Waals surface area contributed by atoms with Gasteiger partial charge in [-0.2, -0.15) is 0 Å². The van der Waals surface area contributed by atoms with Crippen LogP contribution in [0.1, 0.15) is 37.7 Å². The van der Waals surface area contributed by atoms with Gasteiger partial charge in [0.05, 0.1) is 5.56 Å². The molecular formula is C28H27FN4O2. The summed E-state index contributed by atoms with van der Waals surface area (Å²) in [5.41, 5.74) is 2.39. The number of nitrogens with zero attached hydrogens (tertiary/aromatic N) is 3. The average Bonchev–Trinajstić information content (AvgIpc) is 3.74. The second kappa shape index (κ2) is 7.51. The van der Waals surface area contributed by atoms with E-state index in [4.69, 9.17) is 4.99 Å². The quantitative estimate of drug-likeness (QED) is 0.602. The second-order valence-electron chi connectivity index (χ2n) is 10.6. The maximum absolute atomic E-state index is 15.5. The SMILES string of the molecule is O=C(C1CC1)N1CCC(CN2C(=O)C3(CC3)N=C2c2ccc(-c3ccc4cc[nH]c4c3)cc2F)C1. The lowest BCUT2D eigenvalue weighted by Crippen LogP contribution is -2.41. The third kappa shape index (κ3) is 3.48. The van der Waals surface area contributed by atoms with E-state index in [1.807, 2.05) is 41.4 Å². The van der Waals surface area contributed by atoms with Crippen molar-refractivity contribution >= 4 is 28.6 Å². The first-order valence-electron chi connectivity index (χ1n) is 12.6. The van der Waals surface area contributed by atoms with Crippen LogP contribution in [0.15, 0.2) is 53.7 Å². The molecule has 2 aromatic carbocycles. The van der Waals surface area contributed by atoms with Crippen molar-refractivity contribution in [3.63, 3.8) is 0 Å². The minimum absolute atomic E-state index is 0.0138. The van der Waals surface area contributed by atoms with E-state index >= 15 is 4.39 Å². The fourth-order valence-electron chi connectivity index (χ4n) is 5.61. The Kier molecular flexibility index (Phi) is 4.47. The minimum atomic E-state index is -0.693. The second-order valence-corrected chi connectivity index (χ2v) is 10.6. The van der Waals surface area contributed by atoms with Gasteiger partial charge in [0, 0.05) is 37.3 Å². The normalized spacial score (nSPS) is 22.9. The number of hydrogen-bond donors (Lipinski definition) is 1. The maximum Gasteiger partial charge on any atom is 0.256 e. The monoisotopic (exact) mass is 470 g/mol. The van der Waals surface area contributed by atoms with E-state index in [0.717, 1.165) is 60.7 Å². The topological polar surface area (TPSA) is 68.8 Å². The molecule has 1 unspecified atom stereocenters. The Morgan fingerprint density at radius 2 is 1.89 bits per heavy atom. The number of H-pyrrole nitrogens is 1. The molecular weight excluding hydrogens is 443 g/mol. The van der Waals surface area contributed by atoms with E-state index in [-0.39, 0.29) is 29.5 Å². The van der Waals surface area contributed by atoms with Crippen molar-refractivity contribution < 1.29 is 14.0 Å². The molecule has 1 saturated heterocycles. The number of nitrogens with one attached hydrogen (secondary N) is 1. The Hall–Kier alpha value is -3.48. The van der Waals surface area contributed by atoms with Crippen LogP contribution in [0.5, 0.6) is 0 Å². The lowest BCUT2D eigenvalue weighted by Gasteiger charge is -2.24. The molecule has 4 aliphatic rings. The Bertz CT molecular complexity index is 1400. The summed E-state index contributed by atoms with van der Waals surface area (Å²) in [6.07, 6.45) is 6.19. The predicted octanol–water partition coefficient (Wildman–Crippen LogP) is 4.35. The molecule has 6 nitrogen and oxygen atoms in total. The number of fused-ring (bicyclic) bond motifs is 1. The van der Waals surface area contributed by atoms with Crippen LogP contribution in [0.2, 0.25) is 0 Å². The summed E-state index contributed by atoms with van der Waals surface area (Å²) in [6, 6.07) is 13.2. The van der Waals surface area contributed by atoms with Gasteiger partial charge in [-0.25, -0.2) is 4.39 Å². The number of rotatable bonds is 5. The number of amides is 2. The van der Waals surface area contributed by atoms with Crippen LogP contribution in [0, 0.1) is 17.7 Å². The number of hydrogen-bond acceptors (Lipinski definition) is 3. The Labute approximate surface area is 202 Å². The van der Waals surface area contributed by atoms with Gasteiger partial charge in [0.15, 0.2) is 0 Å². The maximum atomic E-state index is 15.5. The molecule has 1 aromatic heterocycles. The average molecular weight is 471 g/mol. The first-order valence-corrected chi connectivity index (χ1v) is 12.6. The highest BCUT2D eigenvalue weighted by Gasteiger charge is 2.58. The standard InChI is InChI=1S/C28H27FN4O2/c29-23-13-20(21-4-1-18-7-11-30-24(18)14-21)5-6-22(23)25-31-28(9-10-28)27(35)33(25)16-17-8-12-32(15-17)26(34)19-2-3-19/h1,4-7,11,13-14,17,19,30H,2-3,8-10,12,15-16H2. The molecule has 0 bridgehead atoms. The smallest absolute Gasteiger partial charge is 0.256 e. The summed E-state index contributed by atoms with van der Waals surface area (Å²) >= 11 is 0. The van der Waals surface area contributed by atoms with Gasteiger partial charge in [0.25, 0.3) is 5.91 Å². The number of halogens is 1. The van der Waals surface area contributed by atoms with Crippen LogP contribution in [0.4, 0.5) is 4.39 Å². The molecule has 7 heteroatoms. The Morgan fingerprint density at radius 1 is 1.09 bits per heavy atom. The number of amidine groups is 1. The molecule has 7 rings (SSSR count). The van der Waals surface area contributed by atoms with Crippen molar-refractivity contribution in [1.29, 1.82) is 0 Å². The van der Waals surface area contributed by atoms with Crippen molar-refractivity contribution in [3.05, 3.63) is 60.0 Å². The molecule has 3 fully saturated rings. The molecule has 0 radical (unpaired) electrons. The van der Waals surface area contributed by atoms with Crippen LogP contribution in [-0.2, 0) is 9.59 Å². The molecule has 1 N–H and O–H groups in total. The zero-order valence-corrected chi connectivity index (χ0v) is 19.5. The van der Waals surface area contributed by atoms with Gasteiger partial charge in [-0.15, -0.1) is 0 Å². The molecule has 3 heterocycles. The van der Waals surface area contributed by atoms with Gasteiger partial charge in [0.1, 0.15) is 17.2 Å². The summed E-state index contributed by atoms with van der Waals surface area (Å²) in [7, 11) is 0. The lowest BCUT2D eigenvalue weighted by molar-refractivity contribution is -0.131. The van der Waals surface area contributed by atoms with E-state index in [0.29, 0.717) is 24.5 Å². The number of likely N-dealkylation sites (tertiary alicyclic amines) is 1. The van der Waals surface area contributed by atoms with Gasteiger partial charge >= 0.3 is 0 Å². The molecule has 2 aliphatic carbocycles. The number of carbonyl (C=O) groups is 2. The minimum Gasteiger partial charge on any atom is -0.361 e. The van der Waals surface area contributed by atoms with Gasteiger partial charge in [-0.3, -0.25) is 19.5 Å². The summed E-state index contributed by atoms with van der Waals surface area (Å²) in [4.78, 5) is 37.4. The van der Waals surface area contributed by atoms with Gasteiger partial charge < -0.3 is 9.88 Å². The Balaban J connectivity index is 1.15. The fraction of sp³-hybridized carbons (Fsp3) is 0.393. The zero-order chi connectivity index (χ0) is 23.7. The summed E-state index contributed by atoms with van der Waals surface area (Å²) in [5, 5.41) is 1.11. The lowest BCUT2D eigenvalue weighted by atomic mass is 10.0. The van der Waals surface area contributed by atoms with Crippen LogP contribution in [0.25, 0.3) is 22.0 Å². The van der Waals surface area contributed by atoms with Crippen LogP contribution in [0.3, 0.4) is 0 Å². The van der Waals surface area contributed by atoms with E-state index < -0.39 is 5.54 Å². The van der Waals surface area contributed by atoms with Gasteiger partial charge in [0.2, 0.25) is 5.91 Å². The molecule has 178 valence electrons. The molecule has 1 atom stereocenters. The highest BCUT2D eigenvalue weighted by molar-refractivity contribution is 6.16. The molecule has 3 aromatic rings. The van der Waals surface area contributed by atoms with Crippen molar-refractivity contribution in [2.45, 2.75) is 37.6 Å². The third-order valence-corrected chi connectivity index (χ3v) is 8.01. The van der Waals surface area contributed by atoms with Gasteiger partial charge in [-0.05, 0) is 78.8 Å².